The van der Waals surface area contributed by atoms with E-state index in [2.05, 4.69) is 0 Å². The van der Waals surface area contributed by atoms with Gasteiger partial charge < -0.3 is 44.0 Å². The zero-order valence-corrected chi connectivity index (χ0v) is 25.3. The highest BCUT2D eigenvalue weighted by Crippen LogP contribution is 2.31. The van der Waals surface area contributed by atoms with Gasteiger partial charge in [-0.25, -0.2) is 0 Å². The molecule has 0 saturated carbocycles. The molecule has 5 atom stereocenters. The number of ether oxygens (including phenoxy) is 7. The van der Waals surface area contributed by atoms with Gasteiger partial charge in [0.15, 0.2) is 6.29 Å². The number of rotatable bonds is 13. The fourth-order valence-electron chi connectivity index (χ4n) is 4.81. The molecule has 1 saturated heterocycles. The van der Waals surface area contributed by atoms with Crippen LogP contribution in [0.2, 0.25) is 0 Å². The fraction of sp³-hybridized carbons (Fsp3) is 0.364. The first-order chi connectivity index (χ1) is 21.7. The molecule has 0 aromatic heterocycles. The number of carbonyl (C=O) groups is 3. The van der Waals surface area contributed by atoms with Crippen molar-refractivity contribution in [3.05, 3.63) is 89.5 Å². The summed E-state index contributed by atoms with van der Waals surface area (Å²) in [5.41, 5.74) is 8.43. The smallest absolute Gasteiger partial charge is 0.308 e. The molecular formula is C33H37NO11. The molecule has 1 aliphatic heterocycles. The largest absolute Gasteiger partial charge is 0.426 e. The van der Waals surface area contributed by atoms with Gasteiger partial charge in [-0.05, 0) is 18.2 Å². The third-order valence-electron chi connectivity index (χ3n) is 6.82. The Morgan fingerprint density at radius 1 is 0.644 bits per heavy atom. The number of hydrogen-bond donors (Lipinski definition) is 2. The molecule has 3 N–H and O–H groups in total. The Labute approximate surface area is 260 Å². The minimum absolute atomic E-state index is 0.0219. The molecule has 45 heavy (non-hydrogen) atoms. The average molecular weight is 624 g/mol. The summed E-state index contributed by atoms with van der Waals surface area (Å²) in [6, 6.07) is 19.7. The zero-order valence-electron chi connectivity index (χ0n) is 25.3. The summed E-state index contributed by atoms with van der Waals surface area (Å²) in [6.45, 7) is 3.38. The molecule has 3 aromatic rings. The molecule has 1 unspecified atom stereocenters. The van der Waals surface area contributed by atoms with Crippen molar-refractivity contribution in [2.75, 3.05) is 6.61 Å². The molecule has 1 heterocycles. The van der Waals surface area contributed by atoms with Gasteiger partial charge in [0.2, 0.25) is 0 Å². The first-order valence-corrected chi connectivity index (χ1v) is 14.3. The Morgan fingerprint density at radius 2 is 1.02 bits per heavy atom. The van der Waals surface area contributed by atoms with Gasteiger partial charge in [-0.2, -0.15) is 0 Å². The van der Waals surface area contributed by atoms with Crippen molar-refractivity contribution >= 4 is 17.9 Å². The second-order valence-corrected chi connectivity index (χ2v) is 10.3. The molecule has 4 rings (SSSR count). The third-order valence-corrected chi connectivity index (χ3v) is 6.82. The SMILES string of the molecule is CC(=O)Oc1ccccc1COC1O[C@H](CO)[C@@H](OCc2ccccc2OC(C)=O)[C@H](OCc2ccccc2OC(C)=O)[C@H]1N. The second kappa shape index (κ2) is 16.2. The van der Waals surface area contributed by atoms with Crippen LogP contribution in [0, 0.1) is 0 Å². The molecule has 0 bridgehead atoms. The van der Waals surface area contributed by atoms with Crippen molar-refractivity contribution in [2.45, 2.75) is 71.2 Å². The molecule has 1 aliphatic rings. The lowest BCUT2D eigenvalue weighted by Gasteiger charge is -2.44. The predicted octanol–water partition coefficient (Wildman–Crippen LogP) is 3.19. The quantitative estimate of drug-likeness (QED) is 0.212. The van der Waals surface area contributed by atoms with E-state index in [0.717, 1.165) is 0 Å². The Hall–Kier alpha value is -4.17. The minimum Gasteiger partial charge on any atom is -0.426 e. The maximum atomic E-state index is 11.7. The van der Waals surface area contributed by atoms with Crippen molar-refractivity contribution in [3.8, 4) is 17.2 Å². The van der Waals surface area contributed by atoms with E-state index in [-0.39, 0.29) is 19.8 Å². The van der Waals surface area contributed by atoms with Gasteiger partial charge in [0.1, 0.15) is 35.6 Å². The van der Waals surface area contributed by atoms with Crippen LogP contribution in [0.5, 0.6) is 17.2 Å². The topological polar surface area (TPSA) is 162 Å². The maximum absolute atomic E-state index is 11.7. The Kier molecular flexibility index (Phi) is 12.2. The fourth-order valence-corrected chi connectivity index (χ4v) is 4.81. The predicted molar refractivity (Wildman–Crippen MR) is 159 cm³/mol. The first-order valence-electron chi connectivity index (χ1n) is 14.3. The number of nitrogens with two attached hydrogens (primary N) is 1. The average Bonchev–Trinajstić information content (AvgIpc) is 3.00. The summed E-state index contributed by atoms with van der Waals surface area (Å²) >= 11 is 0. The van der Waals surface area contributed by atoms with E-state index >= 15 is 0 Å². The highest BCUT2D eigenvalue weighted by atomic mass is 16.7. The van der Waals surface area contributed by atoms with Crippen LogP contribution < -0.4 is 19.9 Å². The van der Waals surface area contributed by atoms with Crippen LogP contribution in [0.1, 0.15) is 37.5 Å². The van der Waals surface area contributed by atoms with Gasteiger partial charge in [0.05, 0.1) is 32.5 Å². The van der Waals surface area contributed by atoms with Gasteiger partial charge >= 0.3 is 17.9 Å². The zero-order chi connectivity index (χ0) is 32.3. The lowest BCUT2D eigenvalue weighted by molar-refractivity contribution is -0.286. The number of esters is 3. The number of para-hydroxylation sites is 3. The second-order valence-electron chi connectivity index (χ2n) is 10.3. The lowest BCUT2D eigenvalue weighted by Crippen LogP contribution is -2.64. The van der Waals surface area contributed by atoms with E-state index in [9.17, 15) is 19.5 Å². The number of hydrogen-bond acceptors (Lipinski definition) is 12. The molecule has 0 spiro atoms. The Morgan fingerprint density at radius 3 is 1.42 bits per heavy atom. The number of aliphatic hydroxyl groups excluding tert-OH is 1. The molecule has 12 heteroatoms. The van der Waals surface area contributed by atoms with Gasteiger partial charge in [-0.1, -0.05) is 54.6 Å². The molecule has 1 fully saturated rings. The number of carbonyl (C=O) groups excluding carboxylic acids is 3. The number of aliphatic hydroxyl groups is 1. The van der Waals surface area contributed by atoms with Gasteiger partial charge in [-0.3, -0.25) is 14.4 Å². The van der Waals surface area contributed by atoms with Crippen molar-refractivity contribution in [3.63, 3.8) is 0 Å². The van der Waals surface area contributed by atoms with Crippen molar-refractivity contribution in [1.29, 1.82) is 0 Å². The van der Waals surface area contributed by atoms with Crippen molar-refractivity contribution < 1.29 is 52.6 Å². The van der Waals surface area contributed by atoms with E-state index in [1.165, 1.54) is 20.8 Å². The van der Waals surface area contributed by atoms with Crippen LogP contribution >= 0.6 is 0 Å². The molecular weight excluding hydrogens is 586 g/mol. The van der Waals surface area contributed by atoms with Gasteiger partial charge in [0.25, 0.3) is 0 Å². The van der Waals surface area contributed by atoms with E-state index in [0.29, 0.717) is 33.9 Å². The summed E-state index contributed by atoms with van der Waals surface area (Å²) in [7, 11) is 0. The molecule has 3 aromatic carbocycles. The Balaban J connectivity index is 1.58. The summed E-state index contributed by atoms with van der Waals surface area (Å²) in [6.07, 6.45) is -3.79. The summed E-state index contributed by atoms with van der Waals surface area (Å²) in [5.74, 6) is -0.469. The van der Waals surface area contributed by atoms with Crippen LogP contribution in [-0.2, 0) is 53.2 Å². The maximum Gasteiger partial charge on any atom is 0.308 e. The first kappa shape index (κ1) is 33.7. The van der Waals surface area contributed by atoms with E-state index < -0.39 is 55.2 Å². The third kappa shape index (κ3) is 9.41. The highest BCUT2D eigenvalue weighted by Gasteiger charge is 2.46. The van der Waals surface area contributed by atoms with Gasteiger partial charge in [-0.15, -0.1) is 0 Å². The van der Waals surface area contributed by atoms with Crippen LogP contribution in [0.4, 0.5) is 0 Å². The van der Waals surface area contributed by atoms with Crippen molar-refractivity contribution in [1.82, 2.24) is 0 Å². The standard InChI is InChI=1S/C33H37NO11/c1-20(36)42-26-13-7-4-10-23(26)17-39-31-29(16-35)45-33(41-19-25-12-6-9-15-28(25)44-22(3)38)30(34)32(31)40-18-24-11-5-8-14-27(24)43-21(2)37/h4-15,29-33,35H,16-19,34H2,1-3H3/t29-,30-,31-,32-,33?/m1/s1. The van der Waals surface area contributed by atoms with Gasteiger partial charge in [0, 0.05) is 37.5 Å². The van der Waals surface area contributed by atoms with Crippen LogP contribution in [0.25, 0.3) is 0 Å². The van der Waals surface area contributed by atoms with Crippen molar-refractivity contribution in [2.24, 2.45) is 5.73 Å². The Bertz CT molecular complexity index is 1460. The van der Waals surface area contributed by atoms with E-state index in [1.54, 1.807) is 72.8 Å². The van der Waals surface area contributed by atoms with Crippen LogP contribution in [-0.4, -0.2) is 60.3 Å². The molecule has 0 aliphatic carbocycles. The molecule has 240 valence electrons. The summed E-state index contributed by atoms with van der Waals surface area (Å²) < 4.78 is 40.6. The molecule has 0 radical (unpaired) electrons. The summed E-state index contributed by atoms with van der Waals surface area (Å²) in [4.78, 5) is 34.9. The summed E-state index contributed by atoms with van der Waals surface area (Å²) in [5, 5.41) is 10.4. The normalized spacial score (nSPS) is 21.1. The van der Waals surface area contributed by atoms with Crippen LogP contribution in [0.15, 0.2) is 72.8 Å². The monoisotopic (exact) mass is 623 g/mol. The highest BCUT2D eigenvalue weighted by molar-refractivity contribution is 5.70. The molecule has 0 amide bonds. The number of benzene rings is 3. The van der Waals surface area contributed by atoms with E-state index in [1.807, 2.05) is 0 Å². The lowest BCUT2D eigenvalue weighted by atomic mass is 9.96. The molecule has 12 nitrogen and oxygen atoms in total. The van der Waals surface area contributed by atoms with E-state index in [4.69, 9.17) is 38.9 Å². The van der Waals surface area contributed by atoms with Crippen LogP contribution in [0.3, 0.4) is 0 Å². The minimum atomic E-state index is -1.06.